The van der Waals surface area contributed by atoms with Crippen molar-refractivity contribution in [1.82, 2.24) is 5.32 Å². The van der Waals surface area contributed by atoms with Gasteiger partial charge in [0.1, 0.15) is 5.75 Å². The summed E-state index contributed by atoms with van der Waals surface area (Å²) < 4.78 is 0. The monoisotopic (exact) mass is 596 g/mol. The van der Waals surface area contributed by atoms with Gasteiger partial charge in [-0.2, -0.15) is 0 Å². The number of hydrogen-bond donors (Lipinski definition) is 2. The van der Waals surface area contributed by atoms with E-state index in [9.17, 15) is 5.11 Å². The lowest BCUT2D eigenvalue weighted by molar-refractivity contribution is 0.145. The van der Waals surface area contributed by atoms with E-state index in [4.69, 9.17) is 0 Å². The van der Waals surface area contributed by atoms with Crippen molar-refractivity contribution < 1.29 is 5.11 Å². The van der Waals surface area contributed by atoms with Crippen LogP contribution in [0.5, 0.6) is 5.75 Å². The maximum Gasteiger partial charge on any atom is 0.115 e. The first-order valence-electron chi connectivity index (χ1n) is 17.3. The number of nitrogens with zero attached hydrogens (tertiary/aromatic N) is 1. The number of nitrogens with one attached hydrogen (secondary N) is 1. The maximum absolute atomic E-state index is 9.69. The van der Waals surface area contributed by atoms with Gasteiger partial charge in [0.05, 0.1) is 0 Å². The number of aromatic hydroxyl groups is 1. The summed E-state index contributed by atoms with van der Waals surface area (Å²) in [4.78, 5) is 2.36. The van der Waals surface area contributed by atoms with Gasteiger partial charge in [-0.25, -0.2) is 0 Å². The number of benzene rings is 2. The lowest BCUT2D eigenvalue weighted by Gasteiger charge is -2.55. The summed E-state index contributed by atoms with van der Waals surface area (Å²) in [6.45, 7) is 26.4. The molecule has 0 heterocycles. The van der Waals surface area contributed by atoms with Gasteiger partial charge >= 0.3 is 0 Å². The van der Waals surface area contributed by atoms with Crippen molar-refractivity contribution in [2.45, 2.75) is 113 Å². The first-order chi connectivity index (χ1) is 20.6. The first kappa shape index (κ1) is 32.9. The zero-order valence-corrected chi connectivity index (χ0v) is 29.9. The van der Waals surface area contributed by atoms with Crippen LogP contribution in [0.4, 0.5) is 5.69 Å². The van der Waals surface area contributed by atoms with Gasteiger partial charge in [0.25, 0.3) is 0 Å². The van der Waals surface area contributed by atoms with Gasteiger partial charge in [0.15, 0.2) is 0 Å². The molecular weight excluding hydrogens is 536 g/mol. The Hall–Kier alpha value is -2.52. The molecule has 3 heteroatoms. The highest BCUT2D eigenvalue weighted by molar-refractivity contribution is 5.67. The molecule has 0 saturated heterocycles. The molecule has 240 valence electrons. The van der Waals surface area contributed by atoms with Crippen LogP contribution in [0.2, 0.25) is 0 Å². The number of allylic oxidation sites excluding steroid dienone is 4. The molecular formula is C41H60N2O. The highest BCUT2D eigenvalue weighted by atomic mass is 16.3. The standard InChI is InChI=1S/C41H60N2O/c1-13-28-18-29-19-30-20-33-34(43(11)12)21-31(23-42-22-27-14-16-32(44)17-15-27)25(4)38(33)41(9,10)37(30)26(5)36(29)35(24(2)3)39(28)40(6,7)8/h14-17,21,24,29-30,35-36,42,44H,13,18-20,22-23H2,1-12H3. The predicted octanol–water partition coefficient (Wildman–Crippen LogP) is 9.89. The van der Waals surface area contributed by atoms with E-state index in [1.54, 1.807) is 45.6 Å². The molecule has 5 rings (SSSR count). The fourth-order valence-electron chi connectivity index (χ4n) is 10.2. The van der Waals surface area contributed by atoms with E-state index in [1.807, 2.05) is 12.1 Å². The van der Waals surface area contributed by atoms with Gasteiger partial charge in [0.2, 0.25) is 0 Å². The lowest BCUT2D eigenvalue weighted by Crippen LogP contribution is -2.46. The van der Waals surface area contributed by atoms with Crippen LogP contribution in [0.15, 0.2) is 52.6 Å². The molecule has 0 radical (unpaired) electrons. The average molecular weight is 597 g/mol. The molecule has 2 N–H and O–H groups in total. The van der Waals surface area contributed by atoms with Crippen molar-refractivity contribution in [3.8, 4) is 5.75 Å². The summed E-state index contributed by atoms with van der Waals surface area (Å²) in [7, 11) is 4.44. The van der Waals surface area contributed by atoms with Gasteiger partial charge in [-0.05, 0) is 121 Å². The van der Waals surface area contributed by atoms with Crippen LogP contribution in [0, 0.1) is 41.9 Å². The van der Waals surface area contributed by atoms with E-state index >= 15 is 0 Å². The average Bonchev–Trinajstić information content (AvgIpc) is 2.92. The number of rotatable bonds is 7. The predicted molar refractivity (Wildman–Crippen MR) is 188 cm³/mol. The molecule has 3 aliphatic carbocycles. The molecule has 3 nitrogen and oxygen atoms in total. The third kappa shape index (κ3) is 5.68. The Kier molecular flexibility index (Phi) is 8.97. The van der Waals surface area contributed by atoms with Crippen LogP contribution in [0.25, 0.3) is 0 Å². The second-order valence-electron chi connectivity index (χ2n) is 16.4. The van der Waals surface area contributed by atoms with Crippen LogP contribution < -0.4 is 10.2 Å². The molecule has 0 spiro atoms. The van der Waals surface area contributed by atoms with Crippen LogP contribution in [0.3, 0.4) is 0 Å². The molecule has 4 atom stereocenters. The normalized spacial score (nSPS) is 24.8. The Bertz CT molecular complexity index is 1450. The molecule has 0 bridgehead atoms. The number of fused-ring (bicyclic) bond motifs is 3. The molecule has 2 aromatic carbocycles. The molecule has 0 aliphatic heterocycles. The Labute approximate surface area is 269 Å². The summed E-state index contributed by atoms with van der Waals surface area (Å²) >= 11 is 0. The van der Waals surface area contributed by atoms with Crippen molar-refractivity contribution >= 4 is 5.69 Å². The van der Waals surface area contributed by atoms with Crippen molar-refractivity contribution in [3.05, 3.63) is 80.4 Å². The highest BCUT2D eigenvalue weighted by Crippen LogP contribution is 2.61. The van der Waals surface area contributed by atoms with Crippen LogP contribution in [-0.4, -0.2) is 19.2 Å². The summed E-state index contributed by atoms with van der Waals surface area (Å²) in [6.07, 6.45) is 4.97. The fourth-order valence-corrected chi connectivity index (χ4v) is 10.2. The van der Waals surface area contributed by atoms with Crippen LogP contribution >= 0.6 is 0 Å². The van der Waals surface area contributed by atoms with Crippen molar-refractivity contribution in [1.29, 1.82) is 0 Å². The van der Waals surface area contributed by atoms with Crippen molar-refractivity contribution in [3.63, 3.8) is 0 Å². The molecule has 2 aromatic rings. The number of phenols is 1. The molecule has 4 unspecified atom stereocenters. The maximum atomic E-state index is 9.69. The van der Waals surface area contributed by atoms with Crippen molar-refractivity contribution in [2.75, 3.05) is 19.0 Å². The van der Waals surface area contributed by atoms with E-state index in [0.29, 0.717) is 29.4 Å². The van der Waals surface area contributed by atoms with Gasteiger partial charge in [-0.15, -0.1) is 0 Å². The third-order valence-electron chi connectivity index (χ3n) is 11.6. The second kappa shape index (κ2) is 12.0. The van der Waals surface area contributed by atoms with E-state index in [0.717, 1.165) is 25.4 Å². The first-order valence-corrected chi connectivity index (χ1v) is 17.3. The van der Waals surface area contributed by atoms with Gasteiger partial charge in [-0.3, -0.25) is 0 Å². The van der Waals surface area contributed by atoms with Crippen LogP contribution in [-0.2, 0) is 24.9 Å². The smallest absolute Gasteiger partial charge is 0.115 e. The molecule has 0 amide bonds. The third-order valence-corrected chi connectivity index (χ3v) is 11.6. The Morgan fingerprint density at radius 2 is 1.68 bits per heavy atom. The lowest BCUT2D eigenvalue weighted by atomic mass is 9.49. The molecule has 44 heavy (non-hydrogen) atoms. The summed E-state index contributed by atoms with van der Waals surface area (Å²) in [6, 6.07) is 10.0. The Balaban J connectivity index is 1.59. The van der Waals surface area contributed by atoms with Crippen LogP contribution in [0.1, 0.15) is 109 Å². The SMILES string of the molecule is CCC1=C(C(C)(C)C)C(C(C)C)C2C(C)=C3C(Cc4c(N(C)C)cc(CNCc5ccc(O)cc5)c(C)c4C3(C)C)CC2C1. The van der Waals surface area contributed by atoms with Gasteiger partial charge < -0.3 is 15.3 Å². The number of hydrogen-bond acceptors (Lipinski definition) is 3. The number of phenolic OH excluding ortho intramolecular Hbond substituents is 1. The topological polar surface area (TPSA) is 35.5 Å². The largest absolute Gasteiger partial charge is 0.508 e. The minimum absolute atomic E-state index is 0.00666. The molecule has 0 saturated carbocycles. The highest BCUT2D eigenvalue weighted by Gasteiger charge is 2.51. The fraction of sp³-hybridized carbons (Fsp3) is 0.610. The number of anilines is 1. The summed E-state index contributed by atoms with van der Waals surface area (Å²) in [5.41, 5.74) is 15.8. The quantitative estimate of drug-likeness (QED) is 0.312. The summed E-state index contributed by atoms with van der Waals surface area (Å²) in [5.74, 6) is 3.61. The van der Waals surface area contributed by atoms with Crippen molar-refractivity contribution in [2.24, 2.45) is 35.0 Å². The molecule has 3 aliphatic rings. The van der Waals surface area contributed by atoms with E-state index < -0.39 is 0 Å². The van der Waals surface area contributed by atoms with E-state index in [1.165, 1.54) is 41.6 Å². The zero-order chi connectivity index (χ0) is 32.3. The summed E-state index contributed by atoms with van der Waals surface area (Å²) in [5, 5.41) is 13.4. The Morgan fingerprint density at radius 1 is 1.02 bits per heavy atom. The minimum atomic E-state index is -0.00666. The zero-order valence-electron chi connectivity index (χ0n) is 29.9. The molecule has 0 aromatic heterocycles. The molecule has 0 fully saturated rings. The Morgan fingerprint density at radius 3 is 2.25 bits per heavy atom. The second-order valence-corrected chi connectivity index (χ2v) is 16.4. The van der Waals surface area contributed by atoms with Gasteiger partial charge in [0, 0.05) is 38.3 Å². The minimum Gasteiger partial charge on any atom is -0.508 e. The van der Waals surface area contributed by atoms with E-state index in [-0.39, 0.29) is 10.8 Å². The van der Waals surface area contributed by atoms with Gasteiger partial charge in [-0.1, -0.05) is 89.8 Å². The van der Waals surface area contributed by atoms with E-state index in [2.05, 4.69) is 99.6 Å².